The SMILES string of the molecule is CC(C)c1cccc(C(C)C)c1NC(=O)CNC(=O)CCc1ccccc1. The Morgan fingerprint density at radius 2 is 1.41 bits per heavy atom. The van der Waals surface area contributed by atoms with E-state index in [9.17, 15) is 9.59 Å². The van der Waals surface area contributed by atoms with Crippen molar-refractivity contribution in [2.45, 2.75) is 52.4 Å². The van der Waals surface area contributed by atoms with E-state index in [0.717, 1.165) is 22.4 Å². The summed E-state index contributed by atoms with van der Waals surface area (Å²) in [7, 11) is 0. The van der Waals surface area contributed by atoms with E-state index < -0.39 is 0 Å². The van der Waals surface area contributed by atoms with Crippen molar-refractivity contribution in [1.29, 1.82) is 0 Å². The van der Waals surface area contributed by atoms with Crippen molar-refractivity contribution in [2.24, 2.45) is 0 Å². The molecule has 2 N–H and O–H groups in total. The summed E-state index contributed by atoms with van der Waals surface area (Å²) in [6, 6.07) is 16.0. The quantitative estimate of drug-likeness (QED) is 0.716. The second kappa shape index (κ2) is 9.91. The molecule has 0 heterocycles. The van der Waals surface area contributed by atoms with Crippen molar-refractivity contribution in [3.8, 4) is 0 Å². The fourth-order valence-corrected chi connectivity index (χ4v) is 3.05. The first-order valence-electron chi connectivity index (χ1n) is 9.61. The highest BCUT2D eigenvalue weighted by Gasteiger charge is 2.16. The largest absolute Gasteiger partial charge is 0.347 e. The van der Waals surface area contributed by atoms with E-state index in [1.54, 1.807) is 0 Å². The molecule has 0 aliphatic heterocycles. The van der Waals surface area contributed by atoms with Crippen LogP contribution in [0.1, 0.15) is 62.6 Å². The third-order valence-corrected chi connectivity index (χ3v) is 4.57. The maximum Gasteiger partial charge on any atom is 0.243 e. The van der Waals surface area contributed by atoms with Gasteiger partial charge in [-0.05, 0) is 34.9 Å². The highest BCUT2D eigenvalue weighted by Crippen LogP contribution is 2.32. The van der Waals surface area contributed by atoms with Crippen LogP contribution in [0.2, 0.25) is 0 Å². The zero-order valence-electron chi connectivity index (χ0n) is 16.7. The normalized spacial score (nSPS) is 10.9. The summed E-state index contributed by atoms with van der Waals surface area (Å²) < 4.78 is 0. The molecule has 0 radical (unpaired) electrons. The number of carbonyl (C=O) groups is 2. The summed E-state index contributed by atoms with van der Waals surface area (Å²) in [5.41, 5.74) is 4.23. The molecule has 2 aromatic carbocycles. The second-order valence-electron chi connectivity index (χ2n) is 7.43. The summed E-state index contributed by atoms with van der Waals surface area (Å²) in [5.74, 6) is 0.298. The Bertz CT molecular complexity index is 741. The summed E-state index contributed by atoms with van der Waals surface area (Å²) in [4.78, 5) is 24.4. The number of benzene rings is 2. The molecule has 2 aromatic rings. The van der Waals surface area contributed by atoms with E-state index in [-0.39, 0.29) is 18.4 Å². The number of anilines is 1. The average molecular weight is 367 g/mol. The zero-order valence-corrected chi connectivity index (χ0v) is 16.7. The van der Waals surface area contributed by atoms with E-state index >= 15 is 0 Å². The molecule has 0 fully saturated rings. The highest BCUT2D eigenvalue weighted by atomic mass is 16.2. The first-order chi connectivity index (χ1) is 12.9. The number of aryl methyl sites for hydroxylation is 1. The van der Waals surface area contributed by atoms with Crippen molar-refractivity contribution >= 4 is 17.5 Å². The van der Waals surface area contributed by atoms with Crippen LogP contribution in [-0.2, 0) is 16.0 Å². The Kier molecular flexibility index (Phi) is 7.59. The number of amides is 2. The summed E-state index contributed by atoms with van der Waals surface area (Å²) >= 11 is 0. The summed E-state index contributed by atoms with van der Waals surface area (Å²) in [5, 5.41) is 5.74. The molecule has 0 spiro atoms. The number of hydrogen-bond acceptors (Lipinski definition) is 2. The van der Waals surface area contributed by atoms with Gasteiger partial charge in [-0.25, -0.2) is 0 Å². The minimum atomic E-state index is -0.196. The summed E-state index contributed by atoms with van der Waals surface area (Å²) in [6.45, 7) is 8.43. The first-order valence-corrected chi connectivity index (χ1v) is 9.61. The van der Waals surface area contributed by atoms with Gasteiger partial charge in [0.1, 0.15) is 0 Å². The number of nitrogens with one attached hydrogen (secondary N) is 2. The van der Waals surface area contributed by atoms with Crippen LogP contribution in [0.5, 0.6) is 0 Å². The topological polar surface area (TPSA) is 58.2 Å². The predicted molar refractivity (Wildman–Crippen MR) is 111 cm³/mol. The van der Waals surface area contributed by atoms with Gasteiger partial charge < -0.3 is 10.6 Å². The third-order valence-electron chi connectivity index (χ3n) is 4.57. The van der Waals surface area contributed by atoms with Crippen molar-refractivity contribution in [2.75, 3.05) is 11.9 Å². The number of hydrogen-bond donors (Lipinski definition) is 2. The molecule has 0 unspecified atom stereocenters. The smallest absolute Gasteiger partial charge is 0.243 e. The van der Waals surface area contributed by atoms with Crippen molar-refractivity contribution in [3.05, 3.63) is 65.2 Å². The van der Waals surface area contributed by atoms with Crippen LogP contribution in [0, 0.1) is 0 Å². The van der Waals surface area contributed by atoms with E-state index in [4.69, 9.17) is 0 Å². The van der Waals surface area contributed by atoms with E-state index in [2.05, 4.69) is 38.3 Å². The van der Waals surface area contributed by atoms with Gasteiger partial charge in [-0.2, -0.15) is 0 Å². The molecule has 0 aromatic heterocycles. The molecule has 2 rings (SSSR count). The lowest BCUT2D eigenvalue weighted by Gasteiger charge is -2.20. The lowest BCUT2D eigenvalue weighted by atomic mass is 9.92. The molecule has 4 nitrogen and oxygen atoms in total. The van der Waals surface area contributed by atoms with E-state index in [1.165, 1.54) is 0 Å². The van der Waals surface area contributed by atoms with Crippen molar-refractivity contribution in [1.82, 2.24) is 5.32 Å². The predicted octanol–water partition coefficient (Wildman–Crippen LogP) is 4.62. The fraction of sp³-hybridized carbons (Fsp3) is 0.391. The monoisotopic (exact) mass is 366 g/mol. The highest BCUT2D eigenvalue weighted by molar-refractivity contribution is 5.96. The fourth-order valence-electron chi connectivity index (χ4n) is 3.05. The molecule has 4 heteroatoms. The second-order valence-corrected chi connectivity index (χ2v) is 7.43. The van der Waals surface area contributed by atoms with Gasteiger partial charge in [0.15, 0.2) is 0 Å². The number of carbonyl (C=O) groups excluding carboxylic acids is 2. The molecule has 27 heavy (non-hydrogen) atoms. The maximum atomic E-state index is 12.4. The van der Waals surface area contributed by atoms with Crippen LogP contribution in [0.3, 0.4) is 0 Å². The Labute approximate surface area is 162 Å². The van der Waals surface area contributed by atoms with Crippen LogP contribution in [0.15, 0.2) is 48.5 Å². The molecule has 144 valence electrons. The molecule has 0 aliphatic carbocycles. The van der Waals surface area contributed by atoms with Crippen LogP contribution < -0.4 is 10.6 Å². The summed E-state index contributed by atoms with van der Waals surface area (Å²) in [6.07, 6.45) is 1.04. The van der Waals surface area contributed by atoms with Gasteiger partial charge in [0, 0.05) is 12.1 Å². The average Bonchev–Trinajstić information content (AvgIpc) is 2.65. The Morgan fingerprint density at radius 3 is 1.96 bits per heavy atom. The van der Waals surface area contributed by atoms with Crippen LogP contribution in [-0.4, -0.2) is 18.4 Å². The molecule has 0 atom stereocenters. The molecule has 0 aliphatic rings. The van der Waals surface area contributed by atoms with Crippen LogP contribution in [0.4, 0.5) is 5.69 Å². The van der Waals surface area contributed by atoms with Crippen LogP contribution in [0.25, 0.3) is 0 Å². The van der Waals surface area contributed by atoms with Gasteiger partial charge in [-0.15, -0.1) is 0 Å². The molecular formula is C23H30N2O2. The van der Waals surface area contributed by atoms with Gasteiger partial charge in [-0.3, -0.25) is 9.59 Å². The maximum absolute atomic E-state index is 12.4. The zero-order chi connectivity index (χ0) is 19.8. The van der Waals surface area contributed by atoms with E-state index in [1.807, 2.05) is 48.5 Å². The van der Waals surface area contributed by atoms with Gasteiger partial charge in [0.25, 0.3) is 0 Å². The number of rotatable bonds is 8. The minimum absolute atomic E-state index is 0.0163. The molecule has 2 amide bonds. The Morgan fingerprint density at radius 1 is 0.815 bits per heavy atom. The van der Waals surface area contributed by atoms with Gasteiger partial charge in [0.05, 0.1) is 6.54 Å². The molecule has 0 bridgehead atoms. The third kappa shape index (κ3) is 6.24. The van der Waals surface area contributed by atoms with E-state index in [0.29, 0.717) is 24.7 Å². The molecular weight excluding hydrogens is 336 g/mol. The minimum Gasteiger partial charge on any atom is -0.347 e. The first kappa shape index (κ1) is 20.7. The lowest BCUT2D eigenvalue weighted by Crippen LogP contribution is -2.33. The Hall–Kier alpha value is -2.62. The van der Waals surface area contributed by atoms with Gasteiger partial charge in [-0.1, -0.05) is 76.2 Å². The van der Waals surface area contributed by atoms with Crippen molar-refractivity contribution in [3.63, 3.8) is 0 Å². The molecule has 0 saturated carbocycles. The van der Waals surface area contributed by atoms with Crippen LogP contribution >= 0.6 is 0 Å². The van der Waals surface area contributed by atoms with Crippen molar-refractivity contribution < 1.29 is 9.59 Å². The Balaban J connectivity index is 1.93. The standard InChI is InChI=1S/C23H30N2O2/c1-16(2)19-11-8-12-20(17(3)4)23(19)25-22(27)15-24-21(26)14-13-18-9-6-5-7-10-18/h5-12,16-17H,13-15H2,1-4H3,(H,24,26)(H,25,27). The van der Waals surface area contributed by atoms with Gasteiger partial charge >= 0.3 is 0 Å². The molecule has 0 saturated heterocycles. The number of para-hydroxylation sites is 1. The van der Waals surface area contributed by atoms with Gasteiger partial charge in [0.2, 0.25) is 11.8 Å². The lowest BCUT2D eigenvalue weighted by molar-refractivity contribution is -0.124.